The molecule has 0 bridgehead atoms. The quantitative estimate of drug-likeness (QED) is 0.607. The number of hydrogen-bond donors (Lipinski definition) is 2. The molecule has 60 valence electrons. The lowest BCUT2D eigenvalue weighted by Gasteiger charge is -2.26. The summed E-state index contributed by atoms with van der Waals surface area (Å²) in [5, 5.41) is 3.41. The van der Waals surface area contributed by atoms with Crippen LogP contribution in [0.15, 0.2) is 0 Å². The Labute approximate surface area is 63.2 Å². The Morgan fingerprint density at radius 1 is 1.60 bits per heavy atom. The number of hydrogen-bond acceptors (Lipinski definition) is 2. The summed E-state index contributed by atoms with van der Waals surface area (Å²) in [6, 6.07) is 0.501. The smallest absolute Gasteiger partial charge is 0.0162 e. The highest BCUT2D eigenvalue weighted by molar-refractivity contribution is 4.73. The minimum Gasteiger partial charge on any atom is -0.329 e. The van der Waals surface area contributed by atoms with Gasteiger partial charge in [-0.2, -0.15) is 0 Å². The Morgan fingerprint density at radius 2 is 2.30 bits per heavy atom. The molecule has 1 aliphatic carbocycles. The monoisotopic (exact) mass is 142 g/mol. The summed E-state index contributed by atoms with van der Waals surface area (Å²) >= 11 is 0. The molecule has 0 aromatic heterocycles. The minimum absolute atomic E-state index is 0.501. The van der Waals surface area contributed by atoms with Gasteiger partial charge < -0.3 is 11.1 Å². The lowest BCUT2D eigenvalue weighted by molar-refractivity contribution is 0.292. The minimum atomic E-state index is 0.501. The van der Waals surface area contributed by atoms with Gasteiger partial charge in [0.15, 0.2) is 0 Å². The third kappa shape index (κ3) is 2.27. The highest BCUT2D eigenvalue weighted by Gasteiger charge is 2.16. The predicted octanol–water partition coefficient (Wildman–Crippen LogP) is 0.723. The molecule has 0 heterocycles. The maximum Gasteiger partial charge on any atom is 0.0162 e. The van der Waals surface area contributed by atoms with Gasteiger partial charge in [0.25, 0.3) is 0 Å². The van der Waals surface area contributed by atoms with Gasteiger partial charge in [0.05, 0.1) is 0 Å². The third-order valence-corrected chi connectivity index (χ3v) is 2.33. The van der Waals surface area contributed by atoms with Crippen LogP contribution in [0.25, 0.3) is 0 Å². The molecule has 0 aromatic carbocycles. The summed E-state index contributed by atoms with van der Waals surface area (Å²) in [4.78, 5) is 0. The fourth-order valence-electron chi connectivity index (χ4n) is 1.15. The molecule has 1 atom stereocenters. The van der Waals surface area contributed by atoms with Gasteiger partial charge in [0.1, 0.15) is 0 Å². The van der Waals surface area contributed by atoms with E-state index in [4.69, 9.17) is 5.73 Å². The zero-order valence-electron chi connectivity index (χ0n) is 6.77. The predicted molar refractivity (Wildman–Crippen MR) is 43.9 cm³/mol. The van der Waals surface area contributed by atoms with Gasteiger partial charge in [-0.15, -0.1) is 0 Å². The number of nitrogens with one attached hydrogen (secondary N) is 1. The second-order valence-corrected chi connectivity index (χ2v) is 3.34. The van der Waals surface area contributed by atoms with Crippen LogP contribution in [0.2, 0.25) is 0 Å². The van der Waals surface area contributed by atoms with Gasteiger partial charge in [-0.1, -0.05) is 6.42 Å². The van der Waals surface area contributed by atoms with Crippen molar-refractivity contribution in [2.75, 3.05) is 13.1 Å². The van der Waals surface area contributed by atoms with E-state index in [1.165, 1.54) is 25.8 Å². The van der Waals surface area contributed by atoms with Gasteiger partial charge in [-0.3, -0.25) is 0 Å². The topological polar surface area (TPSA) is 38.0 Å². The largest absolute Gasteiger partial charge is 0.329 e. The Hall–Kier alpha value is -0.0800. The van der Waals surface area contributed by atoms with Crippen LogP contribution in [0.3, 0.4) is 0 Å². The van der Waals surface area contributed by atoms with E-state index in [0.29, 0.717) is 6.04 Å². The summed E-state index contributed by atoms with van der Waals surface area (Å²) in [5.41, 5.74) is 5.46. The second-order valence-electron chi connectivity index (χ2n) is 3.34. The lowest BCUT2D eigenvalue weighted by atomic mass is 9.85. The summed E-state index contributed by atoms with van der Waals surface area (Å²) in [5.74, 6) is 0.953. The van der Waals surface area contributed by atoms with Gasteiger partial charge in [-0.25, -0.2) is 0 Å². The van der Waals surface area contributed by atoms with E-state index in [0.717, 1.165) is 12.5 Å². The van der Waals surface area contributed by atoms with Crippen LogP contribution >= 0.6 is 0 Å². The van der Waals surface area contributed by atoms with E-state index in [2.05, 4.69) is 12.2 Å². The van der Waals surface area contributed by atoms with Crippen molar-refractivity contribution in [3.63, 3.8) is 0 Å². The van der Waals surface area contributed by atoms with Crippen LogP contribution in [0.5, 0.6) is 0 Å². The third-order valence-electron chi connectivity index (χ3n) is 2.33. The van der Waals surface area contributed by atoms with Crippen LogP contribution in [-0.4, -0.2) is 19.1 Å². The first kappa shape index (κ1) is 8.02. The van der Waals surface area contributed by atoms with E-state index in [-0.39, 0.29) is 0 Å². The Bertz CT molecular complexity index is 84.5. The van der Waals surface area contributed by atoms with Crippen LogP contribution in [0, 0.1) is 5.92 Å². The first-order valence-corrected chi connectivity index (χ1v) is 4.26. The normalized spacial score (nSPS) is 22.2. The highest BCUT2D eigenvalue weighted by atomic mass is 14.9. The van der Waals surface area contributed by atoms with Crippen molar-refractivity contribution in [2.24, 2.45) is 11.7 Å². The van der Waals surface area contributed by atoms with E-state index in [9.17, 15) is 0 Å². The zero-order valence-corrected chi connectivity index (χ0v) is 6.77. The second kappa shape index (κ2) is 3.94. The van der Waals surface area contributed by atoms with Crippen molar-refractivity contribution < 1.29 is 0 Å². The van der Waals surface area contributed by atoms with Gasteiger partial charge in [0, 0.05) is 12.6 Å². The molecule has 3 N–H and O–H groups in total. The number of rotatable bonds is 4. The molecule has 2 nitrogen and oxygen atoms in total. The van der Waals surface area contributed by atoms with E-state index < -0.39 is 0 Å². The summed E-state index contributed by atoms with van der Waals surface area (Å²) in [6.07, 6.45) is 4.28. The number of nitrogens with two attached hydrogens (primary N) is 1. The first-order valence-electron chi connectivity index (χ1n) is 4.26. The van der Waals surface area contributed by atoms with E-state index in [1.54, 1.807) is 0 Å². The molecule has 0 amide bonds. The van der Waals surface area contributed by atoms with E-state index in [1.807, 2.05) is 0 Å². The average molecular weight is 142 g/mol. The molecule has 1 fully saturated rings. The van der Waals surface area contributed by atoms with E-state index >= 15 is 0 Å². The molecule has 0 aliphatic heterocycles. The zero-order chi connectivity index (χ0) is 7.40. The fraction of sp³-hybridized carbons (Fsp3) is 1.00. The Balaban J connectivity index is 1.93. The molecule has 2 heteroatoms. The molecule has 0 aromatic rings. The first-order chi connectivity index (χ1) is 4.83. The molecule has 0 spiro atoms. The van der Waals surface area contributed by atoms with Gasteiger partial charge in [-0.05, 0) is 32.2 Å². The summed E-state index contributed by atoms with van der Waals surface area (Å²) < 4.78 is 0. The SMILES string of the molecule is C[C@@H](CN)NCC1CCC1. The molecule has 0 radical (unpaired) electrons. The van der Waals surface area contributed by atoms with Crippen molar-refractivity contribution in [3.8, 4) is 0 Å². The van der Waals surface area contributed by atoms with Crippen molar-refractivity contribution in [3.05, 3.63) is 0 Å². The lowest BCUT2D eigenvalue weighted by Crippen LogP contribution is -2.38. The van der Waals surface area contributed by atoms with Crippen LogP contribution in [0.1, 0.15) is 26.2 Å². The van der Waals surface area contributed by atoms with Crippen LogP contribution in [0.4, 0.5) is 0 Å². The molecule has 0 unspecified atom stereocenters. The van der Waals surface area contributed by atoms with Crippen molar-refractivity contribution >= 4 is 0 Å². The van der Waals surface area contributed by atoms with Crippen LogP contribution < -0.4 is 11.1 Å². The maximum atomic E-state index is 5.46. The Kier molecular flexibility index (Phi) is 3.16. The molecular formula is C8H18N2. The highest BCUT2D eigenvalue weighted by Crippen LogP contribution is 2.25. The molecule has 1 saturated carbocycles. The molecular weight excluding hydrogens is 124 g/mol. The molecule has 10 heavy (non-hydrogen) atoms. The molecule has 1 rings (SSSR count). The standard InChI is InChI=1S/C8H18N2/c1-7(5-9)10-6-8-3-2-4-8/h7-8,10H,2-6,9H2,1H3/t7-/m0/s1. The molecule has 0 saturated heterocycles. The Morgan fingerprint density at radius 3 is 2.70 bits per heavy atom. The maximum absolute atomic E-state index is 5.46. The van der Waals surface area contributed by atoms with Gasteiger partial charge >= 0.3 is 0 Å². The van der Waals surface area contributed by atoms with Crippen LogP contribution in [-0.2, 0) is 0 Å². The fourth-order valence-corrected chi connectivity index (χ4v) is 1.15. The van der Waals surface area contributed by atoms with Gasteiger partial charge in [0.2, 0.25) is 0 Å². The summed E-state index contributed by atoms with van der Waals surface area (Å²) in [6.45, 7) is 4.07. The summed E-state index contributed by atoms with van der Waals surface area (Å²) in [7, 11) is 0. The van der Waals surface area contributed by atoms with Crippen molar-refractivity contribution in [2.45, 2.75) is 32.2 Å². The van der Waals surface area contributed by atoms with Crippen molar-refractivity contribution in [1.29, 1.82) is 0 Å². The van der Waals surface area contributed by atoms with Crippen molar-refractivity contribution in [1.82, 2.24) is 5.32 Å². The molecule has 1 aliphatic rings. The average Bonchev–Trinajstić information content (AvgIpc) is 1.84.